The fourth-order valence-corrected chi connectivity index (χ4v) is 4.79. The number of hydrogen-bond acceptors (Lipinski definition) is 6. The van der Waals surface area contributed by atoms with Crippen molar-refractivity contribution in [3.8, 4) is 11.8 Å². The van der Waals surface area contributed by atoms with Crippen LogP contribution in [-0.2, 0) is 28.8 Å². The minimum atomic E-state index is -0.713. The molecule has 0 bridgehead atoms. The van der Waals surface area contributed by atoms with Crippen LogP contribution in [-0.4, -0.2) is 43.0 Å². The number of methoxy groups -OCH3 is 1. The number of benzene rings is 2. The average Bonchev–Trinajstić information content (AvgIpc) is 3.23. The van der Waals surface area contributed by atoms with Crippen LogP contribution in [0.5, 0.6) is 5.75 Å². The van der Waals surface area contributed by atoms with Crippen molar-refractivity contribution < 1.29 is 19.4 Å². The van der Waals surface area contributed by atoms with Gasteiger partial charge in [-0.25, -0.2) is 0 Å². The number of ether oxygens (including phenoxy) is 2. The van der Waals surface area contributed by atoms with E-state index in [4.69, 9.17) is 9.47 Å². The van der Waals surface area contributed by atoms with Crippen LogP contribution < -0.4 is 10.1 Å². The SMILES string of the molecule is COC(=O)CCCc1cccc(C#N)c1OCC(O)CNC(C)(C)CC1Cc2ccccc2C1. The monoisotopic (exact) mass is 464 g/mol. The lowest BCUT2D eigenvalue weighted by molar-refractivity contribution is -0.140. The first-order valence-corrected chi connectivity index (χ1v) is 12.0. The van der Waals surface area contributed by atoms with Gasteiger partial charge in [0.15, 0.2) is 0 Å². The molecule has 2 aromatic carbocycles. The number of rotatable bonds is 12. The van der Waals surface area contributed by atoms with Gasteiger partial charge in [0.2, 0.25) is 0 Å². The van der Waals surface area contributed by atoms with Crippen LogP contribution >= 0.6 is 0 Å². The molecule has 1 unspecified atom stereocenters. The second-order valence-electron chi connectivity index (χ2n) is 9.81. The predicted molar refractivity (Wildman–Crippen MR) is 132 cm³/mol. The second-order valence-corrected chi connectivity index (χ2v) is 9.81. The molecule has 182 valence electrons. The number of carbonyl (C=O) groups excluding carboxylic acids is 1. The number of nitrogens with one attached hydrogen (secondary N) is 1. The van der Waals surface area contributed by atoms with Crippen molar-refractivity contribution in [2.45, 2.75) is 64.0 Å². The van der Waals surface area contributed by atoms with Crippen molar-refractivity contribution in [3.63, 3.8) is 0 Å². The van der Waals surface area contributed by atoms with Gasteiger partial charge < -0.3 is 19.9 Å². The topological polar surface area (TPSA) is 91.6 Å². The predicted octanol–water partition coefficient (Wildman–Crippen LogP) is 3.97. The quantitative estimate of drug-likeness (QED) is 0.462. The lowest BCUT2D eigenvalue weighted by Crippen LogP contribution is -2.46. The Balaban J connectivity index is 1.49. The zero-order valence-electron chi connectivity index (χ0n) is 20.5. The molecule has 0 aromatic heterocycles. The highest BCUT2D eigenvalue weighted by Gasteiger charge is 2.28. The normalized spacial score (nSPS) is 14.3. The summed E-state index contributed by atoms with van der Waals surface area (Å²) < 4.78 is 10.6. The van der Waals surface area contributed by atoms with E-state index in [9.17, 15) is 15.2 Å². The van der Waals surface area contributed by atoms with Gasteiger partial charge in [0.25, 0.3) is 0 Å². The molecule has 0 aliphatic heterocycles. The van der Waals surface area contributed by atoms with Gasteiger partial charge in [0, 0.05) is 18.5 Å². The largest absolute Gasteiger partial charge is 0.489 e. The number of β-amino-alcohol motifs (C(OH)–C–C–N with tert-alkyl or cyclic N) is 1. The average molecular weight is 465 g/mol. The van der Waals surface area contributed by atoms with E-state index in [-0.39, 0.29) is 18.1 Å². The van der Waals surface area contributed by atoms with Crippen molar-refractivity contribution in [1.29, 1.82) is 5.26 Å². The van der Waals surface area contributed by atoms with E-state index in [1.807, 2.05) is 6.07 Å². The lowest BCUT2D eigenvalue weighted by Gasteiger charge is -2.30. The van der Waals surface area contributed by atoms with E-state index >= 15 is 0 Å². The third kappa shape index (κ3) is 7.31. The number of aryl methyl sites for hydroxylation is 1. The first kappa shape index (κ1) is 25.7. The summed E-state index contributed by atoms with van der Waals surface area (Å²) in [5.41, 5.74) is 4.07. The van der Waals surface area contributed by atoms with E-state index in [1.54, 1.807) is 12.1 Å². The van der Waals surface area contributed by atoms with Crippen LogP contribution in [0, 0.1) is 17.2 Å². The standard InChI is InChI=1S/C28H36N2O4/c1-28(2,16-20-14-22-8-4-5-9-23(22)15-20)30-18-25(31)19-34-27-21(10-6-12-24(27)17-29)11-7-13-26(32)33-3/h4-6,8-10,12,20,25,30-31H,7,11,13-16,18-19H2,1-3H3. The Kier molecular flexibility index (Phi) is 9.09. The number of fused-ring (bicyclic) bond motifs is 1. The smallest absolute Gasteiger partial charge is 0.305 e. The molecule has 0 amide bonds. The molecule has 34 heavy (non-hydrogen) atoms. The molecule has 3 rings (SSSR count). The Morgan fingerprint density at radius 3 is 2.56 bits per heavy atom. The van der Waals surface area contributed by atoms with Gasteiger partial charge in [-0.2, -0.15) is 5.26 Å². The number of hydrogen-bond donors (Lipinski definition) is 2. The Labute approximate surface area is 202 Å². The van der Waals surface area contributed by atoms with Crippen LogP contribution in [0.2, 0.25) is 0 Å². The molecule has 6 heteroatoms. The van der Waals surface area contributed by atoms with Gasteiger partial charge >= 0.3 is 5.97 Å². The molecule has 1 aliphatic carbocycles. The molecule has 0 fully saturated rings. The van der Waals surface area contributed by atoms with E-state index in [1.165, 1.54) is 18.2 Å². The summed E-state index contributed by atoms with van der Waals surface area (Å²) in [5, 5.41) is 23.6. The maximum atomic E-state index is 11.4. The molecule has 1 aliphatic rings. The van der Waals surface area contributed by atoms with E-state index in [2.05, 4.69) is 49.5 Å². The van der Waals surface area contributed by atoms with Crippen LogP contribution in [0.3, 0.4) is 0 Å². The molecule has 0 saturated carbocycles. The fraction of sp³-hybridized carbons (Fsp3) is 0.500. The van der Waals surface area contributed by atoms with Crippen molar-refractivity contribution in [2.24, 2.45) is 5.92 Å². The van der Waals surface area contributed by atoms with Crippen LogP contribution in [0.15, 0.2) is 42.5 Å². The summed E-state index contributed by atoms with van der Waals surface area (Å²) in [5.74, 6) is 0.824. The molecule has 0 saturated heterocycles. The number of nitrogens with zero attached hydrogens (tertiary/aromatic N) is 1. The third-order valence-electron chi connectivity index (χ3n) is 6.44. The number of nitriles is 1. The summed E-state index contributed by atoms with van der Waals surface area (Å²) >= 11 is 0. The van der Waals surface area contributed by atoms with Crippen molar-refractivity contribution in [2.75, 3.05) is 20.3 Å². The van der Waals surface area contributed by atoms with Crippen molar-refractivity contribution in [3.05, 3.63) is 64.7 Å². The summed E-state index contributed by atoms with van der Waals surface area (Å²) in [4.78, 5) is 11.4. The Morgan fingerprint density at radius 2 is 1.91 bits per heavy atom. The molecular weight excluding hydrogens is 428 g/mol. The zero-order chi connectivity index (χ0) is 24.6. The summed E-state index contributed by atoms with van der Waals surface area (Å²) in [7, 11) is 1.37. The molecule has 6 nitrogen and oxygen atoms in total. The van der Waals surface area contributed by atoms with Crippen LogP contribution in [0.4, 0.5) is 0 Å². The summed E-state index contributed by atoms with van der Waals surface area (Å²) in [6.07, 6.45) is 4.02. The molecule has 0 heterocycles. The third-order valence-corrected chi connectivity index (χ3v) is 6.44. The van der Waals surface area contributed by atoms with Gasteiger partial charge in [-0.1, -0.05) is 36.4 Å². The minimum Gasteiger partial charge on any atom is -0.489 e. The van der Waals surface area contributed by atoms with Gasteiger partial charge in [-0.3, -0.25) is 4.79 Å². The first-order chi connectivity index (χ1) is 16.3. The van der Waals surface area contributed by atoms with Crippen LogP contribution in [0.1, 0.15) is 55.4 Å². The molecular formula is C28H36N2O4. The number of aliphatic hydroxyl groups is 1. The molecule has 2 aromatic rings. The number of carbonyl (C=O) groups is 1. The highest BCUT2D eigenvalue weighted by molar-refractivity contribution is 5.69. The van der Waals surface area contributed by atoms with E-state index < -0.39 is 6.10 Å². The highest BCUT2D eigenvalue weighted by atomic mass is 16.5. The first-order valence-electron chi connectivity index (χ1n) is 12.0. The molecule has 0 radical (unpaired) electrons. The highest BCUT2D eigenvalue weighted by Crippen LogP contribution is 2.32. The van der Waals surface area contributed by atoms with E-state index in [0.717, 1.165) is 24.8 Å². The van der Waals surface area contributed by atoms with Gasteiger partial charge in [0.1, 0.15) is 24.5 Å². The molecule has 0 spiro atoms. The van der Waals surface area contributed by atoms with Crippen LogP contribution in [0.25, 0.3) is 0 Å². The molecule has 2 N–H and O–H groups in total. The Morgan fingerprint density at radius 1 is 1.21 bits per heavy atom. The Hall–Kier alpha value is -2.88. The second kappa shape index (κ2) is 12.0. The van der Waals surface area contributed by atoms with Gasteiger partial charge in [-0.15, -0.1) is 0 Å². The number of aliphatic hydroxyl groups excluding tert-OH is 1. The summed E-state index contributed by atoms with van der Waals surface area (Å²) in [6, 6.07) is 16.2. The summed E-state index contributed by atoms with van der Waals surface area (Å²) in [6.45, 7) is 4.83. The maximum Gasteiger partial charge on any atom is 0.305 e. The minimum absolute atomic E-state index is 0.0840. The van der Waals surface area contributed by atoms with Gasteiger partial charge in [-0.05, 0) is 74.6 Å². The van der Waals surface area contributed by atoms with Gasteiger partial charge in [0.05, 0.1) is 12.7 Å². The van der Waals surface area contributed by atoms with E-state index in [0.29, 0.717) is 43.0 Å². The maximum absolute atomic E-state index is 11.4. The lowest BCUT2D eigenvalue weighted by atomic mass is 9.88. The van der Waals surface area contributed by atoms with Crippen molar-refractivity contribution in [1.82, 2.24) is 5.32 Å². The Bertz CT molecular complexity index is 987. The molecule has 1 atom stereocenters. The fourth-order valence-electron chi connectivity index (χ4n) is 4.79. The zero-order valence-corrected chi connectivity index (χ0v) is 20.5. The number of para-hydroxylation sites is 1. The van der Waals surface area contributed by atoms with Crippen molar-refractivity contribution >= 4 is 5.97 Å². The number of esters is 1.